The lowest BCUT2D eigenvalue weighted by Crippen LogP contribution is -2.45. The minimum atomic E-state index is -3.58. The molecular formula is C14H21NO5S. The first-order valence-electron chi connectivity index (χ1n) is 6.75. The molecule has 118 valence electrons. The third-order valence-corrected chi connectivity index (χ3v) is 5.69. The Bertz CT molecular complexity index is 602. The fourth-order valence-electron chi connectivity index (χ4n) is 2.33. The maximum absolute atomic E-state index is 12.6. The molecule has 1 aliphatic heterocycles. The highest BCUT2D eigenvalue weighted by Crippen LogP contribution is 2.32. The molecule has 1 aliphatic rings. The lowest BCUT2D eigenvalue weighted by Gasteiger charge is -2.35. The van der Waals surface area contributed by atoms with Crippen LogP contribution in [0.5, 0.6) is 11.5 Å². The second kappa shape index (κ2) is 5.82. The zero-order valence-corrected chi connectivity index (χ0v) is 13.3. The van der Waals surface area contributed by atoms with E-state index in [9.17, 15) is 13.5 Å². The first-order valence-corrected chi connectivity index (χ1v) is 8.19. The summed E-state index contributed by atoms with van der Waals surface area (Å²) in [4.78, 5) is 0.168. The molecule has 6 nitrogen and oxygen atoms in total. The predicted octanol–water partition coefficient (Wildman–Crippen LogP) is 1.24. The van der Waals surface area contributed by atoms with Gasteiger partial charge in [0.25, 0.3) is 0 Å². The van der Waals surface area contributed by atoms with Crippen molar-refractivity contribution in [3.63, 3.8) is 0 Å². The molecule has 0 aliphatic carbocycles. The summed E-state index contributed by atoms with van der Waals surface area (Å²) in [5.41, 5.74) is -0.788. The average Bonchev–Trinajstić information content (AvgIpc) is 2.46. The Hall–Kier alpha value is -1.31. The van der Waals surface area contributed by atoms with E-state index >= 15 is 0 Å². The van der Waals surface area contributed by atoms with E-state index in [0.29, 0.717) is 37.4 Å². The van der Waals surface area contributed by atoms with Crippen LogP contribution in [0.25, 0.3) is 0 Å². The summed E-state index contributed by atoms with van der Waals surface area (Å²) < 4.78 is 36.9. The van der Waals surface area contributed by atoms with Crippen molar-refractivity contribution in [3.05, 3.63) is 18.2 Å². The Balaban J connectivity index is 2.28. The van der Waals surface area contributed by atoms with Gasteiger partial charge in [0.1, 0.15) is 0 Å². The number of benzene rings is 1. The van der Waals surface area contributed by atoms with Crippen LogP contribution in [0.4, 0.5) is 0 Å². The zero-order chi connectivity index (χ0) is 15.7. The van der Waals surface area contributed by atoms with Crippen molar-refractivity contribution in [1.29, 1.82) is 0 Å². The first-order chi connectivity index (χ1) is 9.80. The number of aliphatic hydroxyl groups is 1. The molecule has 1 saturated heterocycles. The molecule has 1 fully saturated rings. The van der Waals surface area contributed by atoms with E-state index < -0.39 is 15.6 Å². The van der Waals surface area contributed by atoms with Gasteiger partial charge in [-0.2, -0.15) is 4.31 Å². The van der Waals surface area contributed by atoms with E-state index in [1.807, 2.05) is 0 Å². The highest BCUT2D eigenvalue weighted by atomic mass is 32.2. The predicted molar refractivity (Wildman–Crippen MR) is 78.2 cm³/mol. The highest BCUT2D eigenvalue weighted by molar-refractivity contribution is 7.89. The molecular weight excluding hydrogens is 294 g/mol. The van der Waals surface area contributed by atoms with E-state index in [4.69, 9.17) is 9.47 Å². The fraction of sp³-hybridized carbons (Fsp3) is 0.571. The Labute approximate surface area is 125 Å². The number of piperidine rings is 1. The van der Waals surface area contributed by atoms with Gasteiger partial charge in [-0.3, -0.25) is 0 Å². The molecule has 1 heterocycles. The Morgan fingerprint density at radius 1 is 1.14 bits per heavy atom. The van der Waals surface area contributed by atoms with E-state index in [0.717, 1.165) is 0 Å². The average molecular weight is 315 g/mol. The standard InChI is InChI=1S/C14H21NO5S/c1-14(16)6-8-15(9-7-14)21(17,18)11-4-5-12(19-2)13(10-11)20-3/h4-5,10,16H,6-9H2,1-3H3. The van der Waals surface area contributed by atoms with Crippen molar-refractivity contribution < 1.29 is 23.0 Å². The lowest BCUT2D eigenvalue weighted by atomic mass is 9.95. The maximum atomic E-state index is 12.6. The molecule has 0 spiro atoms. The van der Waals surface area contributed by atoms with Crippen molar-refractivity contribution >= 4 is 10.0 Å². The van der Waals surface area contributed by atoms with Crippen LogP contribution in [0.2, 0.25) is 0 Å². The summed E-state index contributed by atoms with van der Waals surface area (Å²) in [5, 5.41) is 9.92. The van der Waals surface area contributed by atoms with Crippen LogP contribution in [0.1, 0.15) is 19.8 Å². The number of methoxy groups -OCH3 is 2. The summed E-state index contributed by atoms with van der Waals surface area (Å²) in [5.74, 6) is 0.862. The topological polar surface area (TPSA) is 76.1 Å². The molecule has 21 heavy (non-hydrogen) atoms. The molecule has 0 unspecified atom stereocenters. The summed E-state index contributed by atoms with van der Waals surface area (Å²) in [7, 11) is -0.620. The van der Waals surface area contributed by atoms with Gasteiger partial charge in [0.05, 0.1) is 24.7 Å². The summed E-state index contributed by atoms with van der Waals surface area (Å²) in [6, 6.07) is 4.54. The number of sulfonamides is 1. The van der Waals surface area contributed by atoms with E-state index in [1.54, 1.807) is 13.0 Å². The fourth-order valence-corrected chi connectivity index (χ4v) is 3.79. The van der Waals surface area contributed by atoms with E-state index in [-0.39, 0.29) is 4.90 Å². The Morgan fingerprint density at radius 2 is 1.71 bits per heavy atom. The molecule has 1 aromatic carbocycles. The molecule has 2 rings (SSSR count). The smallest absolute Gasteiger partial charge is 0.243 e. The van der Waals surface area contributed by atoms with Gasteiger partial charge in [-0.05, 0) is 31.9 Å². The molecule has 0 radical (unpaired) electrons. The second-order valence-electron chi connectivity index (χ2n) is 5.42. The van der Waals surface area contributed by atoms with Crippen LogP contribution >= 0.6 is 0 Å². The van der Waals surface area contributed by atoms with Crippen LogP contribution in [0.15, 0.2) is 23.1 Å². The van der Waals surface area contributed by atoms with Gasteiger partial charge in [-0.25, -0.2) is 8.42 Å². The molecule has 7 heteroatoms. The van der Waals surface area contributed by atoms with Gasteiger partial charge < -0.3 is 14.6 Å². The molecule has 0 amide bonds. The largest absolute Gasteiger partial charge is 0.493 e. The minimum absolute atomic E-state index is 0.168. The molecule has 0 saturated carbocycles. The SMILES string of the molecule is COc1ccc(S(=O)(=O)N2CCC(C)(O)CC2)cc1OC. The van der Waals surface area contributed by atoms with Crippen LogP contribution in [0, 0.1) is 0 Å². The van der Waals surface area contributed by atoms with Crippen molar-refractivity contribution in [2.45, 2.75) is 30.3 Å². The van der Waals surface area contributed by atoms with Gasteiger partial charge in [0.2, 0.25) is 10.0 Å². The van der Waals surface area contributed by atoms with Crippen LogP contribution in [-0.4, -0.2) is 50.7 Å². The van der Waals surface area contributed by atoms with Gasteiger partial charge in [0, 0.05) is 19.2 Å². The quantitative estimate of drug-likeness (QED) is 0.904. The van der Waals surface area contributed by atoms with Crippen molar-refractivity contribution in [2.24, 2.45) is 0 Å². The van der Waals surface area contributed by atoms with Crippen molar-refractivity contribution in [2.75, 3.05) is 27.3 Å². The van der Waals surface area contributed by atoms with Crippen molar-refractivity contribution in [3.8, 4) is 11.5 Å². The number of hydrogen-bond acceptors (Lipinski definition) is 5. The molecule has 0 aromatic heterocycles. The van der Waals surface area contributed by atoms with Crippen molar-refractivity contribution in [1.82, 2.24) is 4.31 Å². The zero-order valence-electron chi connectivity index (χ0n) is 12.5. The van der Waals surface area contributed by atoms with E-state index in [2.05, 4.69) is 0 Å². The van der Waals surface area contributed by atoms with Crippen LogP contribution in [-0.2, 0) is 10.0 Å². The summed E-state index contributed by atoms with van der Waals surface area (Å²) in [6.07, 6.45) is 0.860. The monoisotopic (exact) mass is 315 g/mol. The maximum Gasteiger partial charge on any atom is 0.243 e. The van der Waals surface area contributed by atoms with Gasteiger partial charge in [0.15, 0.2) is 11.5 Å². The lowest BCUT2D eigenvalue weighted by molar-refractivity contribution is 0.0126. The Kier molecular flexibility index (Phi) is 4.46. The highest BCUT2D eigenvalue weighted by Gasteiger charge is 2.34. The second-order valence-corrected chi connectivity index (χ2v) is 7.36. The molecule has 0 atom stereocenters. The summed E-state index contributed by atoms with van der Waals surface area (Å²) in [6.45, 7) is 2.35. The number of nitrogens with zero attached hydrogens (tertiary/aromatic N) is 1. The third kappa shape index (κ3) is 3.30. The molecule has 0 bridgehead atoms. The number of ether oxygens (including phenoxy) is 2. The summed E-state index contributed by atoms with van der Waals surface area (Å²) >= 11 is 0. The molecule has 1 N–H and O–H groups in total. The van der Waals surface area contributed by atoms with Gasteiger partial charge in [-0.1, -0.05) is 0 Å². The first kappa shape index (κ1) is 16.1. The van der Waals surface area contributed by atoms with E-state index in [1.165, 1.54) is 30.7 Å². The minimum Gasteiger partial charge on any atom is -0.493 e. The Morgan fingerprint density at radius 3 is 2.24 bits per heavy atom. The molecule has 1 aromatic rings. The normalized spacial score (nSPS) is 19.2. The number of rotatable bonds is 4. The van der Waals surface area contributed by atoms with Gasteiger partial charge in [-0.15, -0.1) is 0 Å². The van der Waals surface area contributed by atoms with Gasteiger partial charge >= 0.3 is 0 Å². The van der Waals surface area contributed by atoms with Crippen LogP contribution in [0.3, 0.4) is 0 Å². The number of hydrogen-bond donors (Lipinski definition) is 1. The third-order valence-electron chi connectivity index (χ3n) is 3.79. The van der Waals surface area contributed by atoms with Crippen LogP contribution < -0.4 is 9.47 Å².